The lowest BCUT2D eigenvalue weighted by atomic mass is 9.92. The van der Waals surface area contributed by atoms with Gasteiger partial charge < -0.3 is 24.8 Å². The van der Waals surface area contributed by atoms with Gasteiger partial charge in [-0.15, -0.1) is 0 Å². The van der Waals surface area contributed by atoms with Gasteiger partial charge in [0, 0.05) is 29.6 Å². The summed E-state index contributed by atoms with van der Waals surface area (Å²) in [6.07, 6.45) is 2.82. The van der Waals surface area contributed by atoms with Crippen LogP contribution in [0.4, 0.5) is 21.1 Å². The number of ether oxygens (including phenoxy) is 3. The third kappa shape index (κ3) is 9.49. The van der Waals surface area contributed by atoms with E-state index in [1.165, 1.54) is 0 Å². The summed E-state index contributed by atoms with van der Waals surface area (Å²) < 4.78 is 18.4. The highest BCUT2D eigenvalue weighted by Gasteiger charge is 2.22. The van der Waals surface area contributed by atoms with Crippen LogP contribution in [-0.4, -0.2) is 45.6 Å². The summed E-state index contributed by atoms with van der Waals surface area (Å²) >= 11 is 0. The minimum atomic E-state index is -0.559. The van der Waals surface area contributed by atoms with Crippen LogP contribution < -0.4 is 25.4 Å². The highest BCUT2D eigenvalue weighted by atomic mass is 16.6. The van der Waals surface area contributed by atoms with E-state index in [1.807, 2.05) is 39.0 Å². The maximum Gasteiger partial charge on any atom is 0.407 e. The van der Waals surface area contributed by atoms with Gasteiger partial charge in [-0.05, 0) is 81.4 Å². The Morgan fingerprint density at radius 1 is 0.814 bits per heavy atom. The minimum absolute atomic E-state index is 0.243. The van der Waals surface area contributed by atoms with E-state index in [2.05, 4.69) is 41.7 Å². The Bertz CT molecular complexity index is 1510. The van der Waals surface area contributed by atoms with E-state index in [0.717, 1.165) is 11.4 Å². The molecule has 3 N–H and O–H groups in total. The summed E-state index contributed by atoms with van der Waals surface area (Å²) in [5.74, 6) is 2.44. The zero-order valence-electron chi connectivity index (χ0n) is 25.3. The highest BCUT2D eigenvalue weighted by molar-refractivity contribution is 5.99. The molecule has 0 aliphatic heterocycles. The third-order valence-electron chi connectivity index (χ3n) is 5.84. The van der Waals surface area contributed by atoms with Gasteiger partial charge in [-0.3, -0.25) is 10.3 Å². The number of nitrogens with one attached hydrogen (secondary N) is 3. The van der Waals surface area contributed by atoms with Crippen molar-refractivity contribution in [2.45, 2.75) is 52.6 Å². The predicted octanol–water partition coefficient (Wildman–Crippen LogP) is 6.90. The minimum Gasteiger partial charge on any atom is -0.492 e. The van der Waals surface area contributed by atoms with Gasteiger partial charge in [-0.2, -0.15) is 5.10 Å². The van der Waals surface area contributed by atoms with Crippen molar-refractivity contribution in [1.82, 2.24) is 20.1 Å². The number of benzene rings is 2. The highest BCUT2D eigenvalue weighted by Crippen LogP contribution is 2.28. The molecule has 11 nitrogen and oxygen atoms in total. The zero-order chi connectivity index (χ0) is 31.0. The average Bonchev–Trinajstić information content (AvgIpc) is 3.36. The SMILES string of the molecule is CC(C)(C)OC(=O)NCCOc1ccc(-n2nc(C(C)(C)C)cc2NC(=O)Nc2ccc(Oc3ccncc3)cc2)cc1. The Morgan fingerprint density at radius 3 is 2.07 bits per heavy atom. The van der Waals surface area contributed by atoms with Crippen molar-refractivity contribution < 1.29 is 23.8 Å². The molecule has 0 atom stereocenters. The van der Waals surface area contributed by atoms with Gasteiger partial charge in [0.2, 0.25) is 0 Å². The number of rotatable bonds is 9. The fourth-order valence-corrected chi connectivity index (χ4v) is 3.78. The summed E-state index contributed by atoms with van der Waals surface area (Å²) in [6, 6.07) is 19.3. The van der Waals surface area contributed by atoms with Crippen molar-refractivity contribution in [1.29, 1.82) is 0 Å². The Labute approximate surface area is 251 Å². The fraction of sp³-hybridized carbons (Fsp3) is 0.312. The molecule has 0 radical (unpaired) electrons. The van der Waals surface area contributed by atoms with Crippen LogP contribution in [0.25, 0.3) is 5.69 Å². The van der Waals surface area contributed by atoms with Crippen LogP contribution in [0.2, 0.25) is 0 Å². The quantitative estimate of drug-likeness (QED) is 0.182. The second-order valence-corrected chi connectivity index (χ2v) is 11.7. The summed E-state index contributed by atoms with van der Waals surface area (Å²) in [5.41, 5.74) is 1.35. The first-order chi connectivity index (χ1) is 20.4. The molecule has 4 rings (SSSR count). The van der Waals surface area contributed by atoms with Crippen LogP contribution in [-0.2, 0) is 10.2 Å². The van der Waals surface area contributed by atoms with Crippen molar-refractivity contribution in [3.05, 3.63) is 84.8 Å². The number of amides is 3. The van der Waals surface area contributed by atoms with E-state index in [-0.39, 0.29) is 12.0 Å². The summed E-state index contributed by atoms with van der Waals surface area (Å²) in [5, 5.41) is 13.2. The smallest absolute Gasteiger partial charge is 0.407 e. The Hall–Kier alpha value is -5.06. The molecule has 0 spiro atoms. The van der Waals surface area contributed by atoms with Crippen molar-refractivity contribution in [2.75, 3.05) is 23.8 Å². The largest absolute Gasteiger partial charge is 0.492 e. The molecule has 0 fully saturated rings. The molecular formula is C32H38N6O5. The summed E-state index contributed by atoms with van der Waals surface area (Å²) in [4.78, 5) is 28.7. The van der Waals surface area contributed by atoms with Crippen LogP contribution in [0, 0.1) is 0 Å². The monoisotopic (exact) mass is 586 g/mol. The van der Waals surface area contributed by atoms with E-state index in [9.17, 15) is 9.59 Å². The van der Waals surface area contributed by atoms with E-state index >= 15 is 0 Å². The molecule has 0 saturated carbocycles. The molecule has 2 aromatic carbocycles. The number of urea groups is 1. The molecule has 0 aliphatic rings. The second kappa shape index (κ2) is 13.3. The van der Waals surface area contributed by atoms with Crippen molar-refractivity contribution in [2.24, 2.45) is 0 Å². The normalized spacial score (nSPS) is 11.4. The number of anilines is 2. The van der Waals surface area contributed by atoms with Gasteiger partial charge in [-0.1, -0.05) is 20.8 Å². The molecule has 0 unspecified atom stereocenters. The van der Waals surface area contributed by atoms with Gasteiger partial charge >= 0.3 is 12.1 Å². The summed E-state index contributed by atoms with van der Waals surface area (Å²) in [7, 11) is 0. The van der Waals surface area contributed by atoms with Crippen molar-refractivity contribution >= 4 is 23.6 Å². The molecule has 4 aromatic rings. The van der Waals surface area contributed by atoms with E-state index in [1.54, 1.807) is 65.6 Å². The first-order valence-corrected chi connectivity index (χ1v) is 13.9. The van der Waals surface area contributed by atoms with Crippen LogP contribution in [0.1, 0.15) is 47.2 Å². The van der Waals surface area contributed by atoms with Gasteiger partial charge in [0.1, 0.15) is 35.3 Å². The Kier molecular flexibility index (Phi) is 9.54. The molecule has 43 heavy (non-hydrogen) atoms. The Balaban J connectivity index is 1.38. The maximum absolute atomic E-state index is 13.0. The van der Waals surface area contributed by atoms with Gasteiger partial charge in [0.15, 0.2) is 0 Å². The van der Waals surface area contributed by atoms with Crippen molar-refractivity contribution in [3.8, 4) is 22.9 Å². The molecule has 2 aromatic heterocycles. The molecule has 0 saturated heterocycles. The van der Waals surface area contributed by atoms with E-state index < -0.39 is 17.7 Å². The molecule has 0 bridgehead atoms. The topological polar surface area (TPSA) is 129 Å². The number of alkyl carbamates (subject to hydrolysis) is 1. The van der Waals surface area contributed by atoms with E-state index in [4.69, 9.17) is 19.3 Å². The molecule has 226 valence electrons. The third-order valence-corrected chi connectivity index (χ3v) is 5.84. The fourth-order valence-electron chi connectivity index (χ4n) is 3.78. The number of hydrogen-bond donors (Lipinski definition) is 3. The lowest BCUT2D eigenvalue weighted by Crippen LogP contribution is -2.34. The first kappa shape index (κ1) is 30.9. The second-order valence-electron chi connectivity index (χ2n) is 11.7. The van der Waals surface area contributed by atoms with Crippen LogP contribution in [0.15, 0.2) is 79.1 Å². The van der Waals surface area contributed by atoms with Crippen molar-refractivity contribution in [3.63, 3.8) is 0 Å². The van der Waals surface area contributed by atoms with Gasteiger partial charge in [-0.25, -0.2) is 14.3 Å². The number of carbonyl (C=O) groups excluding carboxylic acids is 2. The van der Waals surface area contributed by atoms with Gasteiger partial charge in [0.05, 0.1) is 17.9 Å². The Morgan fingerprint density at radius 2 is 1.44 bits per heavy atom. The number of aromatic nitrogens is 3. The molecule has 0 aliphatic carbocycles. The standard InChI is InChI=1S/C32H38N6O5/c1-31(2,3)27-21-28(36-29(39)35-22-7-11-25(12-8-22)42-26-15-17-33-18-16-26)38(37-27)23-9-13-24(14-10-23)41-20-19-34-30(40)43-32(4,5)6/h7-18,21H,19-20H2,1-6H3,(H,34,40)(H2,35,36,39). The van der Waals surface area contributed by atoms with Crippen LogP contribution in [0.3, 0.4) is 0 Å². The molecular weight excluding hydrogens is 548 g/mol. The van der Waals surface area contributed by atoms with Crippen LogP contribution in [0.5, 0.6) is 17.2 Å². The number of nitrogens with zero attached hydrogens (tertiary/aromatic N) is 3. The number of pyridine rings is 1. The predicted molar refractivity (Wildman–Crippen MR) is 165 cm³/mol. The molecule has 2 heterocycles. The van der Waals surface area contributed by atoms with Gasteiger partial charge in [0.25, 0.3) is 0 Å². The van der Waals surface area contributed by atoms with E-state index in [0.29, 0.717) is 35.3 Å². The number of carbonyl (C=O) groups is 2. The number of hydrogen-bond acceptors (Lipinski definition) is 7. The van der Waals surface area contributed by atoms with Crippen LogP contribution >= 0.6 is 0 Å². The maximum atomic E-state index is 13.0. The zero-order valence-corrected chi connectivity index (χ0v) is 25.3. The summed E-state index contributed by atoms with van der Waals surface area (Å²) in [6.45, 7) is 12.2. The lowest BCUT2D eigenvalue weighted by Gasteiger charge is -2.19. The average molecular weight is 587 g/mol. The first-order valence-electron chi connectivity index (χ1n) is 13.9. The molecule has 3 amide bonds. The molecule has 11 heteroatoms. The lowest BCUT2D eigenvalue weighted by molar-refractivity contribution is 0.0520.